The van der Waals surface area contributed by atoms with Crippen LogP contribution in [-0.4, -0.2) is 57.4 Å². The van der Waals surface area contributed by atoms with E-state index in [9.17, 15) is 0 Å². The number of methoxy groups -OCH3 is 2. The topological polar surface area (TPSA) is 34.2 Å². The molecule has 2 aromatic carbocycles. The molecule has 0 aliphatic carbocycles. The van der Waals surface area contributed by atoms with E-state index in [1.165, 1.54) is 38.0 Å². The molecular weight excluding hydrogens is 352 g/mol. The summed E-state index contributed by atoms with van der Waals surface area (Å²) in [4.78, 5) is 5.05. The molecule has 2 aromatic rings. The Morgan fingerprint density at radius 1 is 0.786 bits per heavy atom. The fraction of sp³-hybridized carbons (Fsp3) is 0.478. The van der Waals surface area contributed by atoms with Crippen LogP contribution in [0.15, 0.2) is 48.5 Å². The summed E-state index contributed by atoms with van der Waals surface area (Å²) in [6.07, 6.45) is 4.16. The van der Waals surface area contributed by atoms with Crippen LogP contribution in [0.2, 0.25) is 0 Å². The molecule has 0 amide bonds. The number of ether oxygens (including phenoxy) is 3. The van der Waals surface area contributed by atoms with Crippen molar-refractivity contribution in [1.29, 1.82) is 0 Å². The predicted octanol–water partition coefficient (Wildman–Crippen LogP) is 3.83. The van der Waals surface area contributed by atoms with Crippen LogP contribution in [0.3, 0.4) is 0 Å². The second kappa shape index (κ2) is 8.74. The highest BCUT2D eigenvalue weighted by atomic mass is 16.5. The summed E-state index contributed by atoms with van der Waals surface area (Å²) < 4.78 is 16.9. The van der Waals surface area contributed by atoms with Gasteiger partial charge in [-0.15, -0.1) is 0 Å². The highest BCUT2D eigenvalue weighted by Crippen LogP contribution is 2.32. The van der Waals surface area contributed by atoms with Crippen LogP contribution < -0.4 is 19.1 Å². The molecule has 2 aliphatic rings. The molecule has 0 aromatic heterocycles. The second-order valence-corrected chi connectivity index (χ2v) is 7.61. The molecule has 28 heavy (non-hydrogen) atoms. The average molecular weight is 383 g/mol. The highest BCUT2D eigenvalue weighted by Gasteiger charge is 2.42. The third-order valence-electron chi connectivity index (χ3n) is 5.85. The fourth-order valence-corrected chi connectivity index (χ4v) is 4.15. The lowest BCUT2D eigenvalue weighted by atomic mass is 9.96. The third-order valence-corrected chi connectivity index (χ3v) is 5.85. The molecule has 2 heterocycles. The maximum absolute atomic E-state index is 6.35. The maximum Gasteiger partial charge on any atom is 0.138 e. The number of piperidine rings is 1. The molecule has 0 radical (unpaired) electrons. The van der Waals surface area contributed by atoms with Crippen molar-refractivity contribution in [3.05, 3.63) is 48.5 Å². The van der Waals surface area contributed by atoms with Crippen molar-refractivity contribution in [2.45, 2.75) is 31.4 Å². The van der Waals surface area contributed by atoms with Crippen molar-refractivity contribution < 1.29 is 14.2 Å². The van der Waals surface area contributed by atoms with Gasteiger partial charge in [0.15, 0.2) is 0 Å². The Kier molecular flexibility index (Phi) is 5.91. The predicted molar refractivity (Wildman–Crippen MR) is 112 cm³/mol. The molecular formula is C23H30N2O3. The zero-order chi connectivity index (χ0) is 19.3. The number of benzene rings is 2. The minimum Gasteiger partial charge on any atom is -0.497 e. The molecule has 5 heteroatoms. The first-order valence-corrected chi connectivity index (χ1v) is 10.2. The van der Waals surface area contributed by atoms with E-state index < -0.39 is 0 Å². The zero-order valence-electron chi connectivity index (χ0n) is 16.8. The van der Waals surface area contributed by atoms with E-state index in [0.29, 0.717) is 6.04 Å². The van der Waals surface area contributed by atoms with Gasteiger partial charge in [0, 0.05) is 12.2 Å². The normalized spacial score (nSPS) is 22.4. The summed E-state index contributed by atoms with van der Waals surface area (Å²) in [5.74, 6) is 2.65. The molecule has 2 saturated heterocycles. The summed E-state index contributed by atoms with van der Waals surface area (Å²) in [6.45, 7) is 4.34. The largest absolute Gasteiger partial charge is 0.497 e. The van der Waals surface area contributed by atoms with E-state index in [-0.39, 0.29) is 6.10 Å². The lowest BCUT2D eigenvalue weighted by Gasteiger charge is -2.51. The van der Waals surface area contributed by atoms with Gasteiger partial charge in [-0.3, -0.25) is 0 Å². The Bertz CT molecular complexity index is 741. The number of likely N-dealkylation sites (tertiary alicyclic amines) is 1. The van der Waals surface area contributed by atoms with Crippen LogP contribution in [0.1, 0.15) is 19.3 Å². The van der Waals surface area contributed by atoms with Crippen LogP contribution in [-0.2, 0) is 0 Å². The second-order valence-electron chi connectivity index (χ2n) is 7.61. The Morgan fingerprint density at radius 3 is 1.96 bits per heavy atom. The molecule has 2 aliphatic heterocycles. The lowest BCUT2D eigenvalue weighted by Crippen LogP contribution is -2.66. The number of rotatable bonds is 7. The first kappa shape index (κ1) is 18.9. The molecule has 2 atom stereocenters. The minimum absolute atomic E-state index is 0.192. The summed E-state index contributed by atoms with van der Waals surface area (Å²) in [5, 5.41) is 0. The van der Waals surface area contributed by atoms with E-state index >= 15 is 0 Å². The lowest BCUT2D eigenvalue weighted by molar-refractivity contribution is 0.0822. The van der Waals surface area contributed by atoms with Crippen molar-refractivity contribution in [2.24, 2.45) is 0 Å². The Hall–Kier alpha value is -2.40. The van der Waals surface area contributed by atoms with Gasteiger partial charge in [-0.25, -0.2) is 0 Å². The van der Waals surface area contributed by atoms with Crippen LogP contribution >= 0.6 is 0 Å². The quantitative estimate of drug-likeness (QED) is 0.727. The Labute approximate surface area is 167 Å². The van der Waals surface area contributed by atoms with Crippen LogP contribution in [0.4, 0.5) is 5.69 Å². The number of nitrogens with zero attached hydrogens (tertiary/aromatic N) is 2. The molecule has 4 rings (SSSR count). The van der Waals surface area contributed by atoms with Gasteiger partial charge < -0.3 is 24.0 Å². The van der Waals surface area contributed by atoms with Crippen molar-refractivity contribution >= 4 is 5.69 Å². The highest BCUT2D eigenvalue weighted by molar-refractivity contribution is 5.53. The first-order valence-electron chi connectivity index (χ1n) is 10.2. The van der Waals surface area contributed by atoms with E-state index in [0.717, 1.165) is 30.3 Å². The van der Waals surface area contributed by atoms with Crippen molar-refractivity contribution in [2.75, 3.05) is 45.3 Å². The van der Waals surface area contributed by atoms with Gasteiger partial charge in [-0.1, -0.05) is 6.42 Å². The molecule has 0 saturated carbocycles. The molecule has 0 bridgehead atoms. The molecule has 150 valence electrons. The van der Waals surface area contributed by atoms with Crippen molar-refractivity contribution in [1.82, 2.24) is 4.90 Å². The van der Waals surface area contributed by atoms with Crippen LogP contribution in [0, 0.1) is 0 Å². The van der Waals surface area contributed by atoms with Crippen LogP contribution in [0.25, 0.3) is 0 Å². The Balaban J connectivity index is 1.46. The van der Waals surface area contributed by atoms with Crippen molar-refractivity contribution in [3.8, 4) is 17.2 Å². The molecule has 5 nitrogen and oxygen atoms in total. The smallest absolute Gasteiger partial charge is 0.138 e. The van der Waals surface area contributed by atoms with E-state index in [1.807, 2.05) is 36.4 Å². The van der Waals surface area contributed by atoms with Crippen molar-refractivity contribution in [3.63, 3.8) is 0 Å². The van der Waals surface area contributed by atoms with Gasteiger partial charge >= 0.3 is 0 Å². The number of hydrogen-bond donors (Lipinski definition) is 0. The van der Waals surface area contributed by atoms with E-state index in [4.69, 9.17) is 14.2 Å². The minimum atomic E-state index is 0.192. The van der Waals surface area contributed by atoms with Gasteiger partial charge in [0.25, 0.3) is 0 Å². The summed E-state index contributed by atoms with van der Waals surface area (Å²) in [7, 11) is 3.39. The summed E-state index contributed by atoms with van der Waals surface area (Å²) in [6, 6.07) is 16.6. The zero-order valence-corrected chi connectivity index (χ0v) is 16.8. The maximum atomic E-state index is 6.35. The summed E-state index contributed by atoms with van der Waals surface area (Å²) >= 11 is 0. The standard InChI is InChI=1S/C23H30N2O3/c1-26-19-8-6-18(7-9-19)25-17-23(22(25)16-24-14-4-3-5-15-24)28-21-12-10-20(27-2)11-13-21/h6-13,22-23H,3-5,14-17H2,1-2H3/t22-,23-/m1/s1. The molecule has 2 fully saturated rings. The Morgan fingerprint density at radius 2 is 1.36 bits per heavy atom. The van der Waals surface area contributed by atoms with Gasteiger partial charge in [0.05, 0.1) is 26.8 Å². The SMILES string of the molecule is COc1ccc(O[C@@H]2CN(c3ccc(OC)cc3)[C@@H]2CN2CCCCC2)cc1. The number of anilines is 1. The average Bonchev–Trinajstić information content (AvgIpc) is 2.76. The van der Waals surface area contributed by atoms with Gasteiger partial charge in [-0.2, -0.15) is 0 Å². The number of hydrogen-bond acceptors (Lipinski definition) is 5. The third kappa shape index (κ3) is 4.20. The monoisotopic (exact) mass is 382 g/mol. The fourth-order valence-electron chi connectivity index (χ4n) is 4.15. The molecule has 0 N–H and O–H groups in total. The van der Waals surface area contributed by atoms with Gasteiger partial charge in [0.1, 0.15) is 23.4 Å². The van der Waals surface area contributed by atoms with Gasteiger partial charge in [0.2, 0.25) is 0 Å². The van der Waals surface area contributed by atoms with E-state index in [1.54, 1.807) is 14.2 Å². The first-order chi connectivity index (χ1) is 13.8. The van der Waals surface area contributed by atoms with Gasteiger partial charge in [-0.05, 0) is 74.5 Å². The molecule has 0 unspecified atom stereocenters. The molecule has 0 spiro atoms. The van der Waals surface area contributed by atoms with E-state index in [2.05, 4.69) is 21.9 Å². The van der Waals surface area contributed by atoms with Crippen LogP contribution in [0.5, 0.6) is 17.2 Å². The summed E-state index contributed by atoms with van der Waals surface area (Å²) in [5.41, 5.74) is 1.23.